The average molecular weight is 478 g/mol. The highest BCUT2D eigenvalue weighted by Gasteiger charge is 2.28. The predicted molar refractivity (Wildman–Crippen MR) is 128 cm³/mol. The molecule has 2 aromatic carbocycles. The van der Waals surface area contributed by atoms with Gasteiger partial charge < -0.3 is 5.32 Å². The maximum absolute atomic E-state index is 13.0. The van der Waals surface area contributed by atoms with Crippen molar-refractivity contribution < 1.29 is 13.2 Å². The van der Waals surface area contributed by atoms with Crippen LogP contribution in [0.25, 0.3) is 0 Å². The van der Waals surface area contributed by atoms with Crippen LogP contribution in [0.5, 0.6) is 0 Å². The highest BCUT2D eigenvalue weighted by atomic mass is 35.5. The first-order chi connectivity index (χ1) is 15.3. The van der Waals surface area contributed by atoms with E-state index in [0.29, 0.717) is 19.6 Å². The smallest absolute Gasteiger partial charge is 0.251 e. The highest BCUT2D eigenvalue weighted by molar-refractivity contribution is 7.89. The van der Waals surface area contributed by atoms with Gasteiger partial charge in [0.1, 0.15) is 4.90 Å². The van der Waals surface area contributed by atoms with Gasteiger partial charge >= 0.3 is 0 Å². The quantitative estimate of drug-likeness (QED) is 0.585. The van der Waals surface area contributed by atoms with E-state index in [-0.39, 0.29) is 21.4 Å². The minimum Gasteiger partial charge on any atom is -0.348 e. The molecule has 0 radical (unpaired) electrons. The maximum atomic E-state index is 13.0. The first kappa shape index (κ1) is 24.7. The predicted octanol–water partition coefficient (Wildman–Crippen LogP) is 4.29. The minimum absolute atomic E-state index is 0.00512. The summed E-state index contributed by atoms with van der Waals surface area (Å²) in [6.07, 6.45) is 2.70. The van der Waals surface area contributed by atoms with Gasteiger partial charge in [-0.3, -0.25) is 9.69 Å². The summed E-state index contributed by atoms with van der Waals surface area (Å²) >= 11 is 6.21. The van der Waals surface area contributed by atoms with Crippen LogP contribution in [0.2, 0.25) is 5.02 Å². The fraction of sp³-hybridized carbons (Fsp3) is 0.458. The number of hydrogen-bond donors (Lipinski definition) is 1. The monoisotopic (exact) mass is 477 g/mol. The molecule has 0 aliphatic carbocycles. The normalized spacial score (nSPS) is 15.1. The van der Waals surface area contributed by atoms with Crippen LogP contribution in [0.3, 0.4) is 0 Å². The summed E-state index contributed by atoms with van der Waals surface area (Å²) < 4.78 is 27.5. The highest BCUT2D eigenvalue weighted by Crippen LogP contribution is 2.28. The Labute approximate surface area is 196 Å². The number of sulfonamides is 1. The van der Waals surface area contributed by atoms with Crippen LogP contribution in [0.1, 0.15) is 54.6 Å². The molecule has 1 aliphatic rings. The number of carbonyl (C=O) groups excluding carboxylic acids is 1. The molecule has 174 valence electrons. The molecular weight excluding hydrogens is 446 g/mol. The number of hydrogen-bond acceptors (Lipinski definition) is 4. The van der Waals surface area contributed by atoms with E-state index in [4.69, 9.17) is 11.6 Å². The van der Waals surface area contributed by atoms with Gasteiger partial charge in [-0.05, 0) is 55.3 Å². The molecule has 2 aromatic rings. The Balaban J connectivity index is 1.66. The molecule has 32 heavy (non-hydrogen) atoms. The largest absolute Gasteiger partial charge is 0.348 e. The van der Waals surface area contributed by atoms with Gasteiger partial charge in [-0.25, -0.2) is 8.42 Å². The number of benzene rings is 2. The fourth-order valence-electron chi connectivity index (χ4n) is 3.84. The SMILES string of the molecule is CCN(CC)Cc1ccc(CNC(=O)c2ccc(Cl)c(S(=O)(=O)N3CCCCC3)c2)cc1. The lowest BCUT2D eigenvalue weighted by Crippen LogP contribution is -2.36. The second kappa shape index (κ2) is 11.3. The second-order valence-electron chi connectivity index (χ2n) is 8.07. The zero-order valence-corrected chi connectivity index (χ0v) is 20.4. The number of halogens is 1. The van der Waals surface area contributed by atoms with Gasteiger partial charge in [-0.1, -0.05) is 56.1 Å². The first-order valence-corrected chi connectivity index (χ1v) is 13.0. The molecule has 1 fully saturated rings. The van der Waals surface area contributed by atoms with E-state index in [0.717, 1.165) is 44.5 Å². The zero-order valence-electron chi connectivity index (χ0n) is 18.8. The Morgan fingerprint density at radius 2 is 1.62 bits per heavy atom. The first-order valence-electron chi connectivity index (χ1n) is 11.2. The molecular formula is C24H32ClN3O3S. The number of piperidine rings is 1. The van der Waals surface area contributed by atoms with E-state index in [2.05, 4.69) is 36.2 Å². The van der Waals surface area contributed by atoms with Crippen LogP contribution in [0, 0.1) is 0 Å². The van der Waals surface area contributed by atoms with Gasteiger partial charge in [0.25, 0.3) is 5.91 Å². The molecule has 0 spiro atoms. The van der Waals surface area contributed by atoms with Crippen molar-refractivity contribution in [3.63, 3.8) is 0 Å². The number of nitrogens with zero attached hydrogens (tertiary/aromatic N) is 2. The van der Waals surface area contributed by atoms with Crippen molar-refractivity contribution in [2.45, 2.75) is 51.1 Å². The van der Waals surface area contributed by atoms with Crippen LogP contribution in [-0.2, 0) is 23.1 Å². The summed E-state index contributed by atoms with van der Waals surface area (Å²) in [4.78, 5) is 15.0. The zero-order chi connectivity index (χ0) is 23.1. The molecule has 1 aliphatic heterocycles. The van der Waals surface area contributed by atoms with Crippen molar-refractivity contribution in [2.24, 2.45) is 0 Å². The molecule has 1 saturated heterocycles. The second-order valence-corrected chi connectivity index (χ2v) is 10.4. The van der Waals surface area contributed by atoms with Crippen LogP contribution in [0.4, 0.5) is 0 Å². The van der Waals surface area contributed by atoms with Gasteiger partial charge in [0.2, 0.25) is 10.0 Å². The van der Waals surface area contributed by atoms with Crippen molar-refractivity contribution >= 4 is 27.5 Å². The lowest BCUT2D eigenvalue weighted by Gasteiger charge is -2.26. The molecule has 0 saturated carbocycles. The van der Waals surface area contributed by atoms with Crippen molar-refractivity contribution in [3.05, 3.63) is 64.2 Å². The van der Waals surface area contributed by atoms with E-state index in [1.807, 2.05) is 12.1 Å². The Hall–Kier alpha value is -1.93. The summed E-state index contributed by atoms with van der Waals surface area (Å²) in [5.41, 5.74) is 2.49. The third kappa shape index (κ3) is 6.10. The van der Waals surface area contributed by atoms with Gasteiger partial charge in [0.05, 0.1) is 5.02 Å². The Morgan fingerprint density at radius 3 is 2.25 bits per heavy atom. The third-order valence-corrected chi connectivity index (χ3v) is 8.28. The summed E-state index contributed by atoms with van der Waals surface area (Å²) in [5.74, 6) is -0.330. The van der Waals surface area contributed by atoms with Crippen LogP contribution < -0.4 is 5.32 Å². The molecule has 0 atom stereocenters. The Morgan fingerprint density at radius 1 is 1.00 bits per heavy atom. The fourth-order valence-corrected chi connectivity index (χ4v) is 5.86. The molecule has 1 N–H and O–H groups in total. The van der Waals surface area contributed by atoms with Crippen molar-refractivity contribution in [1.82, 2.24) is 14.5 Å². The molecule has 1 heterocycles. The topological polar surface area (TPSA) is 69.7 Å². The van der Waals surface area contributed by atoms with E-state index >= 15 is 0 Å². The lowest BCUT2D eigenvalue weighted by molar-refractivity contribution is 0.0950. The lowest BCUT2D eigenvalue weighted by atomic mass is 10.1. The number of amides is 1. The molecule has 3 rings (SSSR count). The standard InChI is InChI=1S/C24H32ClN3O3S/c1-3-27(4-2)18-20-10-8-19(9-11-20)17-26-24(29)21-12-13-22(25)23(16-21)32(30,31)28-14-6-5-7-15-28/h8-13,16H,3-7,14-15,17-18H2,1-2H3,(H,26,29). The molecule has 0 unspecified atom stereocenters. The molecule has 0 aromatic heterocycles. The van der Waals surface area contributed by atoms with Gasteiger partial charge in [0, 0.05) is 31.7 Å². The molecule has 0 bridgehead atoms. The minimum atomic E-state index is -3.72. The van der Waals surface area contributed by atoms with Crippen LogP contribution in [-0.4, -0.2) is 49.7 Å². The number of nitrogens with one attached hydrogen (secondary N) is 1. The molecule has 8 heteroatoms. The van der Waals surface area contributed by atoms with Crippen LogP contribution >= 0.6 is 11.6 Å². The van der Waals surface area contributed by atoms with Crippen molar-refractivity contribution in [3.8, 4) is 0 Å². The van der Waals surface area contributed by atoms with Crippen molar-refractivity contribution in [1.29, 1.82) is 0 Å². The Bertz CT molecular complexity index is 1020. The number of rotatable bonds is 9. The van der Waals surface area contributed by atoms with E-state index in [1.165, 1.54) is 22.0 Å². The molecule has 6 nitrogen and oxygen atoms in total. The summed E-state index contributed by atoms with van der Waals surface area (Å²) in [5, 5.41) is 3.01. The Kier molecular flexibility index (Phi) is 8.71. The summed E-state index contributed by atoms with van der Waals surface area (Å²) in [7, 11) is -3.72. The molecule has 1 amide bonds. The number of carbonyl (C=O) groups is 1. The third-order valence-electron chi connectivity index (χ3n) is 5.90. The van der Waals surface area contributed by atoms with Gasteiger partial charge in [-0.15, -0.1) is 0 Å². The van der Waals surface area contributed by atoms with Gasteiger partial charge in [-0.2, -0.15) is 4.31 Å². The maximum Gasteiger partial charge on any atom is 0.251 e. The average Bonchev–Trinajstić information content (AvgIpc) is 2.82. The van der Waals surface area contributed by atoms with E-state index in [9.17, 15) is 13.2 Å². The van der Waals surface area contributed by atoms with Crippen molar-refractivity contribution in [2.75, 3.05) is 26.2 Å². The van der Waals surface area contributed by atoms with Gasteiger partial charge in [0.15, 0.2) is 0 Å². The summed E-state index contributed by atoms with van der Waals surface area (Å²) in [6.45, 7) is 8.54. The van der Waals surface area contributed by atoms with E-state index in [1.54, 1.807) is 6.07 Å². The van der Waals surface area contributed by atoms with E-state index < -0.39 is 10.0 Å². The summed E-state index contributed by atoms with van der Waals surface area (Å²) in [6, 6.07) is 12.6. The van der Waals surface area contributed by atoms with Crippen LogP contribution in [0.15, 0.2) is 47.4 Å².